The number of carbonyl (C=O) groups is 1. The molecule has 1 amide bonds. The number of anilines is 2. The van der Waals surface area contributed by atoms with E-state index in [2.05, 4.69) is 10.6 Å². The standard InChI is InChI=1S/C18H18ClN3O3/c1-11(18(23)22-13-6-4-5-12(7-13)10-20)21-15-8-14(19)16(24-2)9-17(15)25-3/h4-9,11,21H,1-3H3,(H,22,23)/t11-/m1/s1. The minimum atomic E-state index is -0.566. The number of nitrogens with one attached hydrogen (secondary N) is 2. The minimum Gasteiger partial charge on any atom is -0.495 e. The molecule has 25 heavy (non-hydrogen) atoms. The van der Waals surface area contributed by atoms with Crippen LogP contribution in [0.4, 0.5) is 11.4 Å². The van der Waals surface area contributed by atoms with Crippen molar-refractivity contribution in [3.8, 4) is 17.6 Å². The molecule has 0 unspecified atom stereocenters. The molecule has 2 aromatic carbocycles. The molecule has 0 fully saturated rings. The zero-order chi connectivity index (χ0) is 18.4. The number of hydrogen-bond acceptors (Lipinski definition) is 5. The molecule has 7 heteroatoms. The molecular weight excluding hydrogens is 342 g/mol. The highest BCUT2D eigenvalue weighted by Crippen LogP contribution is 2.36. The Kier molecular flexibility index (Phi) is 6.09. The molecule has 2 rings (SSSR count). The van der Waals surface area contributed by atoms with Crippen molar-refractivity contribution in [2.45, 2.75) is 13.0 Å². The van der Waals surface area contributed by atoms with Gasteiger partial charge in [-0.05, 0) is 31.2 Å². The van der Waals surface area contributed by atoms with E-state index in [1.165, 1.54) is 14.2 Å². The SMILES string of the molecule is COc1cc(OC)c(N[C@H](C)C(=O)Nc2cccc(C#N)c2)cc1Cl. The van der Waals surface area contributed by atoms with E-state index in [0.29, 0.717) is 33.5 Å². The first-order valence-corrected chi connectivity index (χ1v) is 7.85. The van der Waals surface area contributed by atoms with Gasteiger partial charge in [0.2, 0.25) is 5.91 Å². The zero-order valence-corrected chi connectivity index (χ0v) is 14.8. The highest BCUT2D eigenvalue weighted by Gasteiger charge is 2.17. The van der Waals surface area contributed by atoms with Gasteiger partial charge < -0.3 is 20.1 Å². The Bertz CT molecular complexity index is 818. The van der Waals surface area contributed by atoms with Gasteiger partial charge in [0.25, 0.3) is 0 Å². The van der Waals surface area contributed by atoms with Crippen molar-refractivity contribution in [1.29, 1.82) is 5.26 Å². The van der Waals surface area contributed by atoms with Gasteiger partial charge >= 0.3 is 0 Å². The van der Waals surface area contributed by atoms with E-state index in [-0.39, 0.29) is 5.91 Å². The number of nitriles is 1. The topological polar surface area (TPSA) is 83.4 Å². The predicted molar refractivity (Wildman–Crippen MR) is 97.4 cm³/mol. The van der Waals surface area contributed by atoms with Gasteiger partial charge in [0.1, 0.15) is 17.5 Å². The van der Waals surface area contributed by atoms with Gasteiger partial charge in [-0.15, -0.1) is 0 Å². The van der Waals surface area contributed by atoms with E-state index in [4.69, 9.17) is 26.3 Å². The van der Waals surface area contributed by atoms with Crippen LogP contribution in [-0.2, 0) is 4.79 Å². The average molecular weight is 360 g/mol. The Hall–Kier alpha value is -2.91. The summed E-state index contributed by atoms with van der Waals surface area (Å²) in [5.74, 6) is 0.728. The summed E-state index contributed by atoms with van der Waals surface area (Å²) in [5.41, 5.74) is 1.60. The first kappa shape index (κ1) is 18.4. The predicted octanol–water partition coefficient (Wildman–Crippen LogP) is 3.67. The number of carbonyl (C=O) groups excluding carboxylic acids is 1. The van der Waals surface area contributed by atoms with Crippen LogP contribution in [0.2, 0.25) is 5.02 Å². The largest absolute Gasteiger partial charge is 0.495 e. The van der Waals surface area contributed by atoms with Crippen LogP contribution in [0.1, 0.15) is 12.5 Å². The Morgan fingerprint density at radius 3 is 2.56 bits per heavy atom. The van der Waals surface area contributed by atoms with E-state index in [9.17, 15) is 4.79 Å². The van der Waals surface area contributed by atoms with Crippen LogP contribution in [0.25, 0.3) is 0 Å². The molecule has 0 aliphatic heterocycles. The van der Waals surface area contributed by atoms with E-state index in [0.717, 1.165) is 0 Å². The third kappa shape index (κ3) is 4.55. The fourth-order valence-electron chi connectivity index (χ4n) is 2.19. The van der Waals surface area contributed by atoms with Crippen LogP contribution in [0, 0.1) is 11.3 Å². The molecule has 130 valence electrons. The molecule has 0 aromatic heterocycles. The summed E-state index contributed by atoms with van der Waals surface area (Å²) in [5, 5.41) is 15.1. The Morgan fingerprint density at radius 2 is 1.92 bits per heavy atom. The first-order valence-electron chi connectivity index (χ1n) is 7.47. The van der Waals surface area contributed by atoms with Crippen LogP contribution in [-0.4, -0.2) is 26.2 Å². The molecule has 0 radical (unpaired) electrons. The van der Waals surface area contributed by atoms with E-state index in [1.807, 2.05) is 6.07 Å². The summed E-state index contributed by atoms with van der Waals surface area (Å²) >= 11 is 6.13. The van der Waals surface area contributed by atoms with Crippen LogP contribution < -0.4 is 20.1 Å². The van der Waals surface area contributed by atoms with Gasteiger partial charge in [-0.2, -0.15) is 5.26 Å². The molecular formula is C18H18ClN3O3. The van der Waals surface area contributed by atoms with Gasteiger partial charge in [0.15, 0.2) is 0 Å². The molecule has 0 heterocycles. The maximum atomic E-state index is 12.4. The monoisotopic (exact) mass is 359 g/mol. The van der Waals surface area contributed by atoms with Crippen LogP contribution in [0.5, 0.6) is 11.5 Å². The van der Waals surface area contributed by atoms with Crippen molar-refractivity contribution >= 4 is 28.9 Å². The summed E-state index contributed by atoms with van der Waals surface area (Å²) in [6.07, 6.45) is 0. The number of ether oxygens (including phenoxy) is 2. The molecule has 0 saturated heterocycles. The highest BCUT2D eigenvalue weighted by molar-refractivity contribution is 6.32. The van der Waals surface area contributed by atoms with E-state index < -0.39 is 6.04 Å². The molecule has 0 aliphatic carbocycles. The zero-order valence-electron chi connectivity index (χ0n) is 14.1. The van der Waals surface area contributed by atoms with Crippen molar-refractivity contribution in [3.63, 3.8) is 0 Å². The van der Waals surface area contributed by atoms with Crippen molar-refractivity contribution in [1.82, 2.24) is 0 Å². The van der Waals surface area contributed by atoms with Crippen molar-refractivity contribution in [2.24, 2.45) is 0 Å². The normalized spacial score (nSPS) is 11.2. The Morgan fingerprint density at radius 1 is 1.20 bits per heavy atom. The lowest BCUT2D eigenvalue weighted by Gasteiger charge is -2.18. The number of nitrogens with zero attached hydrogens (tertiary/aromatic N) is 1. The van der Waals surface area contributed by atoms with Crippen LogP contribution >= 0.6 is 11.6 Å². The second-order valence-electron chi connectivity index (χ2n) is 5.23. The first-order chi connectivity index (χ1) is 12.0. The number of hydrogen-bond donors (Lipinski definition) is 2. The fourth-order valence-corrected chi connectivity index (χ4v) is 2.43. The number of amides is 1. The molecule has 0 spiro atoms. The second-order valence-corrected chi connectivity index (χ2v) is 5.64. The lowest BCUT2D eigenvalue weighted by atomic mass is 10.2. The molecule has 0 saturated carbocycles. The summed E-state index contributed by atoms with van der Waals surface area (Å²) < 4.78 is 10.5. The van der Waals surface area contributed by atoms with Crippen LogP contribution in [0.3, 0.4) is 0 Å². The third-order valence-corrected chi connectivity index (χ3v) is 3.79. The fraction of sp³-hybridized carbons (Fsp3) is 0.222. The van der Waals surface area contributed by atoms with Crippen molar-refractivity contribution in [2.75, 3.05) is 24.9 Å². The number of rotatable bonds is 6. The summed E-state index contributed by atoms with van der Waals surface area (Å²) in [7, 11) is 3.03. The molecule has 0 bridgehead atoms. The molecule has 2 N–H and O–H groups in total. The molecule has 0 aliphatic rings. The third-order valence-electron chi connectivity index (χ3n) is 3.50. The lowest BCUT2D eigenvalue weighted by molar-refractivity contribution is -0.116. The van der Waals surface area contributed by atoms with Gasteiger partial charge in [-0.25, -0.2) is 0 Å². The highest BCUT2D eigenvalue weighted by atomic mass is 35.5. The van der Waals surface area contributed by atoms with Gasteiger partial charge in [0, 0.05) is 11.8 Å². The maximum Gasteiger partial charge on any atom is 0.246 e. The number of halogens is 1. The minimum absolute atomic E-state index is 0.260. The number of methoxy groups -OCH3 is 2. The lowest BCUT2D eigenvalue weighted by Crippen LogP contribution is -2.32. The number of benzene rings is 2. The quantitative estimate of drug-likeness (QED) is 0.822. The van der Waals surface area contributed by atoms with Gasteiger partial charge in [-0.3, -0.25) is 4.79 Å². The molecule has 1 atom stereocenters. The van der Waals surface area contributed by atoms with E-state index >= 15 is 0 Å². The van der Waals surface area contributed by atoms with Gasteiger partial charge in [0.05, 0.1) is 36.6 Å². The Labute approximate surface area is 151 Å². The Balaban J connectivity index is 2.13. The summed E-state index contributed by atoms with van der Waals surface area (Å²) in [4.78, 5) is 12.4. The second kappa shape index (κ2) is 8.27. The smallest absolute Gasteiger partial charge is 0.246 e. The molecule has 6 nitrogen and oxygen atoms in total. The average Bonchev–Trinajstić information content (AvgIpc) is 2.62. The summed E-state index contributed by atoms with van der Waals surface area (Å²) in [6.45, 7) is 1.71. The maximum absolute atomic E-state index is 12.4. The van der Waals surface area contributed by atoms with Crippen molar-refractivity contribution in [3.05, 3.63) is 47.0 Å². The molecule has 2 aromatic rings. The van der Waals surface area contributed by atoms with Gasteiger partial charge in [-0.1, -0.05) is 17.7 Å². The van der Waals surface area contributed by atoms with Crippen LogP contribution in [0.15, 0.2) is 36.4 Å². The van der Waals surface area contributed by atoms with Crippen molar-refractivity contribution < 1.29 is 14.3 Å². The van der Waals surface area contributed by atoms with E-state index in [1.54, 1.807) is 43.3 Å². The summed E-state index contributed by atoms with van der Waals surface area (Å²) in [6, 6.07) is 11.4.